The fourth-order valence-electron chi connectivity index (χ4n) is 1.04. The number of amides is 1. The smallest absolute Gasteiger partial charge is 0.221 e. The summed E-state index contributed by atoms with van der Waals surface area (Å²) in [6.07, 6.45) is 0. The van der Waals surface area contributed by atoms with E-state index in [4.69, 9.17) is 12.2 Å². The van der Waals surface area contributed by atoms with Crippen LogP contribution >= 0.6 is 12.2 Å². The summed E-state index contributed by atoms with van der Waals surface area (Å²) in [5.74, 6) is -0.0725. The maximum atomic E-state index is 10.7. The summed E-state index contributed by atoms with van der Waals surface area (Å²) in [6, 6.07) is 7.37. The van der Waals surface area contributed by atoms with Gasteiger partial charge in [0.1, 0.15) is 0 Å². The van der Waals surface area contributed by atoms with E-state index in [9.17, 15) is 4.79 Å². The molecule has 1 amide bonds. The molecule has 1 rings (SSSR count). The quantitative estimate of drug-likeness (QED) is 0.733. The first-order valence-electron chi connectivity index (χ1n) is 4.23. The lowest BCUT2D eigenvalue weighted by atomic mass is 10.3. The van der Waals surface area contributed by atoms with E-state index < -0.39 is 0 Å². The van der Waals surface area contributed by atoms with Gasteiger partial charge in [-0.25, -0.2) is 0 Å². The molecule has 0 atom stereocenters. The summed E-state index contributed by atoms with van der Waals surface area (Å²) in [7, 11) is 0. The maximum Gasteiger partial charge on any atom is 0.221 e. The van der Waals surface area contributed by atoms with Gasteiger partial charge in [-0.2, -0.15) is 0 Å². The van der Waals surface area contributed by atoms with Crippen molar-refractivity contribution in [3.8, 4) is 0 Å². The molecule has 2 N–H and O–H groups in total. The van der Waals surface area contributed by atoms with Gasteiger partial charge in [0.05, 0.1) is 4.99 Å². The number of hydrogen-bond acceptors (Lipinski definition) is 2. The zero-order chi connectivity index (χ0) is 10.6. The summed E-state index contributed by atoms with van der Waals surface area (Å²) >= 11 is 4.90. The topological polar surface area (TPSA) is 41.1 Å². The molecule has 74 valence electrons. The lowest BCUT2D eigenvalue weighted by Gasteiger charge is -2.05. The average molecular weight is 208 g/mol. The van der Waals surface area contributed by atoms with Crippen LogP contribution in [0.2, 0.25) is 0 Å². The Morgan fingerprint density at radius 3 is 1.86 bits per heavy atom. The van der Waals surface area contributed by atoms with Gasteiger partial charge in [-0.05, 0) is 31.2 Å². The second-order valence-electron chi connectivity index (χ2n) is 2.94. The van der Waals surface area contributed by atoms with Gasteiger partial charge in [0.15, 0.2) is 0 Å². The van der Waals surface area contributed by atoms with E-state index in [0.29, 0.717) is 0 Å². The SMILES string of the molecule is CC(=O)Nc1ccc(NC(C)=S)cc1. The van der Waals surface area contributed by atoms with Crippen LogP contribution in [0.3, 0.4) is 0 Å². The first kappa shape index (κ1) is 10.7. The molecule has 0 saturated carbocycles. The predicted molar refractivity (Wildman–Crippen MR) is 62.6 cm³/mol. The van der Waals surface area contributed by atoms with Crippen LogP contribution in [-0.2, 0) is 4.79 Å². The van der Waals surface area contributed by atoms with E-state index in [1.54, 1.807) is 0 Å². The molecule has 0 spiro atoms. The molecule has 14 heavy (non-hydrogen) atoms. The van der Waals surface area contributed by atoms with Crippen LogP contribution < -0.4 is 10.6 Å². The van der Waals surface area contributed by atoms with Crippen molar-refractivity contribution < 1.29 is 4.79 Å². The van der Waals surface area contributed by atoms with Crippen LogP contribution in [0.15, 0.2) is 24.3 Å². The third kappa shape index (κ3) is 3.53. The Balaban J connectivity index is 2.68. The van der Waals surface area contributed by atoms with Crippen molar-refractivity contribution >= 4 is 34.5 Å². The molecule has 0 aliphatic rings. The summed E-state index contributed by atoms with van der Waals surface area (Å²) in [6.45, 7) is 3.30. The van der Waals surface area contributed by atoms with Gasteiger partial charge in [0.25, 0.3) is 0 Å². The Morgan fingerprint density at radius 2 is 1.50 bits per heavy atom. The van der Waals surface area contributed by atoms with Crippen molar-refractivity contribution in [2.45, 2.75) is 13.8 Å². The van der Waals surface area contributed by atoms with Gasteiger partial charge < -0.3 is 10.6 Å². The Morgan fingerprint density at radius 1 is 1.07 bits per heavy atom. The van der Waals surface area contributed by atoms with E-state index in [0.717, 1.165) is 16.4 Å². The van der Waals surface area contributed by atoms with E-state index in [-0.39, 0.29) is 5.91 Å². The van der Waals surface area contributed by atoms with Crippen molar-refractivity contribution in [2.24, 2.45) is 0 Å². The zero-order valence-electron chi connectivity index (χ0n) is 8.13. The van der Waals surface area contributed by atoms with Gasteiger partial charge >= 0.3 is 0 Å². The predicted octanol–water partition coefficient (Wildman–Crippen LogP) is 2.40. The first-order chi connectivity index (χ1) is 6.58. The van der Waals surface area contributed by atoms with E-state index in [1.165, 1.54) is 6.92 Å². The molecule has 1 aromatic rings. The fraction of sp³-hybridized carbons (Fsp3) is 0.200. The van der Waals surface area contributed by atoms with Gasteiger partial charge in [0.2, 0.25) is 5.91 Å². The molecule has 4 heteroatoms. The molecule has 0 bridgehead atoms. The highest BCUT2D eigenvalue weighted by Gasteiger charge is 1.95. The number of carbonyl (C=O) groups is 1. The van der Waals surface area contributed by atoms with Crippen LogP contribution in [0.1, 0.15) is 13.8 Å². The molecule has 0 radical (unpaired) electrons. The lowest BCUT2D eigenvalue weighted by molar-refractivity contribution is -0.114. The maximum absolute atomic E-state index is 10.7. The van der Waals surface area contributed by atoms with E-state index in [2.05, 4.69) is 10.6 Å². The van der Waals surface area contributed by atoms with Crippen molar-refractivity contribution in [3.63, 3.8) is 0 Å². The summed E-state index contributed by atoms with van der Waals surface area (Å²) in [5, 5.41) is 5.69. The zero-order valence-corrected chi connectivity index (χ0v) is 8.94. The van der Waals surface area contributed by atoms with Crippen molar-refractivity contribution in [1.82, 2.24) is 0 Å². The Kier molecular flexibility index (Phi) is 3.59. The number of anilines is 2. The second kappa shape index (κ2) is 4.72. The Bertz CT molecular complexity index is 311. The average Bonchev–Trinajstić information content (AvgIpc) is 2.06. The van der Waals surface area contributed by atoms with Gasteiger partial charge in [0, 0.05) is 18.3 Å². The van der Waals surface area contributed by atoms with Crippen molar-refractivity contribution in [2.75, 3.05) is 10.6 Å². The molecule has 0 fully saturated rings. The van der Waals surface area contributed by atoms with Crippen LogP contribution in [0, 0.1) is 0 Å². The molecule has 0 heterocycles. The molecule has 0 aliphatic heterocycles. The largest absolute Gasteiger partial charge is 0.350 e. The van der Waals surface area contributed by atoms with E-state index >= 15 is 0 Å². The number of carbonyl (C=O) groups excluding carboxylic acids is 1. The number of rotatable bonds is 2. The van der Waals surface area contributed by atoms with Crippen LogP contribution in [0.25, 0.3) is 0 Å². The van der Waals surface area contributed by atoms with Crippen molar-refractivity contribution in [1.29, 1.82) is 0 Å². The molecule has 0 saturated heterocycles. The molecular weight excluding hydrogens is 196 g/mol. The summed E-state index contributed by atoms with van der Waals surface area (Å²) in [4.78, 5) is 11.4. The van der Waals surface area contributed by atoms with Crippen LogP contribution in [0.4, 0.5) is 11.4 Å². The minimum atomic E-state index is -0.0725. The highest BCUT2D eigenvalue weighted by Crippen LogP contribution is 2.13. The number of thiocarbonyl (C=S) groups is 1. The Hall–Kier alpha value is -1.42. The molecule has 0 unspecified atom stereocenters. The van der Waals surface area contributed by atoms with Crippen molar-refractivity contribution in [3.05, 3.63) is 24.3 Å². The standard InChI is InChI=1S/C10H12N2OS/c1-7(13)11-9-3-5-10(6-4-9)12-8(2)14/h3-6H,1-2H3,(H,11,13)(H,12,14). The summed E-state index contributed by atoms with van der Waals surface area (Å²) in [5.41, 5.74) is 1.71. The van der Waals surface area contributed by atoms with Gasteiger partial charge in [-0.3, -0.25) is 4.79 Å². The monoisotopic (exact) mass is 208 g/mol. The molecular formula is C10H12N2OS. The van der Waals surface area contributed by atoms with Crippen LogP contribution in [0.5, 0.6) is 0 Å². The van der Waals surface area contributed by atoms with Gasteiger partial charge in [-0.1, -0.05) is 12.2 Å². The molecule has 1 aromatic carbocycles. The molecule has 0 aliphatic carbocycles. The normalized spacial score (nSPS) is 9.29. The third-order valence-corrected chi connectivity index (χ3v) is 1.63. The number of hydrogen-bond donors (Lipinski definition) is 2. The second-order valence-corrected chi connectivity index (χ2v) is 3.55. The minimum Gasteiger partial charge on any atom is -0.350 e. The highest BCUT2D eigenvalue weighted by atomic mass is 32.1. The van der Waals surface area contributed by atoms with E-state index in [1.807, 2.05) is 31.2 Å². The third-order valence-electron chi connectivity index (χ3n) is 1.53. The molecule has 3 nitrogen and oxygen atoms in total. The Labute approximate surface area is 88.5 Å². The molecule has 0 aromatic heterocycles. The minimum absolute atomic E-state index is 0.0725. The van der Waals surface area contributed by atoms with Gasteiger partial charge in [-0.15, -0.1) is 0 Å². The fourth-order valence-corrected chi connectivity index (χ4v) is 1.16. The number of benzene rings is 1. The highest BCUT2D eigenvalue weighted by molar-refractivity contribution is 7.80. The van der Waals surface area contributed by atoms with Crippen LogP contribution in [-0.4, -0.2) is 10.9 Å². The lowest BCUT2D eigenvalue weighted by Crippen LogP contribution is -2.06. The number of nitrogens with one attached hydrogen (secondary N) is 2. The summed E-state index contributed by atoms with van der Waals surface area (Å²) < 4.78 is 0. The first-order valence-corrected chi connectivity index (χ1v) is 4.64.